The molecule has 1 aliphatic rings. The van der Waals surface area contributed by atoms with Gasteiger partial charge in [-0.05, 0) is 50.3 Å². The van der Waals surface area contributed by atoms with Crippen LogP contribution in [0.4, 0.5) is 0 Å². The Morgan fingerprint density at radius 3 is 2.52 bits per heavy atom. The predicted octanol–water partition coefficient (Wildman–Crippen LogP) is 2.54. The molecule has 152 valence electrons. The van der Waals surface area contributed by atoms with Crippen LogP contribution in [-0.4, -0.2) is 53.0 Å². The lowest BCUT2D eigenvalue weighted by atomic mass is 10.1. The Hall–Kier alpha value is -1.60. The summed E-state index contributed by atoms with van der Waals surface area (Å²) < 4.78 is 28.9. The highest BCUT2D eigenvalue weighted by Gasteiger charge is 2.14. The van der Waals surface area contributed by atoms with Crippen LogP contribution >= 0.6 is 0 Å². The minimum Gasteiger partial charge on any atom is -0.378 e. The van der Waals surface area contributed by atoms with Gasteiger partial charge in [0.15, 0.2) is 15.8 Å². The molecule has 1 aliphatic carbocycles. The number of nitrogens with zero attached hydrogens (tertiary/aromatic N) is 1. The minimum atomic E-state index is -3.14. The van der Waals surface area contributed by atoms with E-state index in [9.17, 15) is 8.42 Å². The van der Waals surface area contributed by atoms with E-state index >= 15 is 0 Å². The summed E-state index contributed by atoms with van der Waals surface area (Å²) in [6, 6.07) is 7.05. The molecule has 6 nitrogen and oxygen atoms in total. The van der Waals surface area contributed by atoms with Gasteiger partial charge in [-0.1, -0.05) is 25.0 Å². The first-order valence-electron chi connectivity index (χ1n) is 9.92. The molecule has 0 spiro atoms. The van der Waals surface area contributed by atoms with Crippen molar-refractivity contribution < 1.29 is 13.2 Å². The molecule has 0 bridgehead atoms. The maximum Gasteiger partial charge on any atom is 0.191 e. The summed E-state index contributed by atoms with van der Waals surface area (Å²) in [7, 11) is -3.14. The maximum absolute atomic E-state index is 11.5. The summed E-state index contributed by atoms with van der Waals surface area (Å²) >= 11 is 0. The van der Waals surface area contributed by atoms with Crippen molar-refractivity contribution >= 4 is 15.8 Å². The molecule has 0 radical (unpaired) electrons. The molecule has 2 rings (SSSR count). The first kappa shape index (κ1) is 21.7. The number of hydrogen-bond acceptors (Lipinski definition) is 4. The van der Waals surface area contributed by atoms with E-state index < -0.39 is 9.84 Å². The third kappa shape index (κ3) is 8.30. The zero-order valence-corrected chi connectivity index (χ0v) is 17.4. The Balaban J connectivity index is 1.69. The first-order valence-corrected chi connectivity index (χ1v) is 11.8. The molecule has 2 N–H and O–H groups in total. The lowest BCUT2D eigenvalue weighted by molar-refractivity contribution is 0.0579. The fourth-order valence-corrected chi connectivity index (χ4v) is 3.76. The first-order chi connectivity index (χ1) is 13.0. The van der Waals surface area contributed by atoms with Gasteiger partial charge < -0.3 is 15.4 Å². The van der Waals surface area contributed by atoms with Gasteiger partial charge in [0.05, 0.1) is 11.0 Å². The van der Waals surface area contributed by atoms with Crippen molar-refractivity contribution in [3.05, 3.63) is 29.8 Å². The predicted molar refractivity (Wildman–Crippen MR) is 110 cm³/mol. The molecule has 1 saturated carbocycles. The monoisotopic (exact) mass is 395 g/mol. The number of sulfone groups is 1. The van der Waals surface area contributed by atoms with Gasteiger partial charge in [-0.15, -0.1) is 0 Å². The van der Waals surface area contributed by atoms with Crippen LogP contribution in [0.2, 0.25) is 0 Å². The van der Waals surface area contributed by atoms with E-state index in [0.29, 0.717) is 11.0 Å². The van der Waals surface area contributed by atoms with Crippen molar-refractivity contribution in [1.29, 1.82) is 0 Å². The molecule has 0 aliphatic heterocycles. The van der Waals surface area contributed by atoms with Crippen LogP contribution in [0.1, 0.15) is 44.6 Å². The molecule has 0 aromatic heterocycles. The van der Waals surface area contributed by atoms with Crippen LogP contribution in [0.15, 0.2) is 34.2 Å². The van der Waals surface area contributed by atoms with Crippen LogP contribution in [0.5, 0.6) is 0 Å². The second-order valence-corrected chi connectivity index (χ2v) is 9.00. The average Bonchev–Trinajstić information content (AvgIpc) is 3.14. The molecule has 0 amide bonds. The SMILES string of the molecule is CCNC(=NCCCOC1CCCC1)NCCc1ccc(S(C)(=O)=O)cc1. The normalized spacial score (nSPS) is 15.9. The van der Waals surface area contributed by atoms with E-state index in [1.807, 2.05) is 19.1 Å². The average molecular weight is 396 g/mol. The second-order valence-electron chi connectivity index (χ2n) is 6.98. The van der Waals surface area contributed by atoms with E-state index in [1.165, 1.54) is 31.9 Å². The summed E-state index contributed by atoms with van der Waals surface area (Å²) in [6.07, 6.45) is 8.44. The molecule has 0 heterocycles. The van der Waals surface area contributed by atoms with Crippen molar-refractivity contribution in [1.82, 2.24) is 10.6 Å². The van der Waals surface area contributed by atoms with Gasteiger partial charge in [0.2, 0.25) is 0 Å². The Bertz CT molecular complexity index is 681. The summed E-state index contributed by atoms with van der Waals surface area (Å²) in [6.45, 7) is 5.12. The number of guanidine groups is 1. The molecule has 0 atom stereocenters. The van der Waals surface area contributed by atoms with Crippen LogP contribution in [0.25, 0.3) is 0 Å². The van der Waals surface area contributed by atoms with Gasteiger partial charge in [-0.2, -0.15) is 0 Å². The Morgan fingerprint density at radius 2 is 1.89 bits per heavy atom. The van der Waals surface area contributed by atoms with Crippen molar-refractivity contribution in [3.63, 3.8) is 0 Å². The minimum absolute atomic E-state index is 0.355. The zero-order chi connectivity index (χ0) is 19.5. The fraction of sp³-hybridized carbons (Fsp3) is 0.650. The summed E-state index contributed by atoms with van der Waals surface area (Å²) in [5, 5.41) is 6.57. The van der Waals surface area contributed by atoms with Gasteiger partial charge >= 0.3 is 0 Å². The summed E-state index contributed by atoms with van der Waals surface area (Å²) in [5.41, 5.74) is 1.09. The van der Waals surface area contributed by atoms with Crippen molar-refractivity contribution in [2.24, 2.45) is 4.99 Å². The number of benzene rings is 1. The highest BCUT2D eigenvalue weighted by Crippen LogP contribution is 2.20. The van der Waals surface area contributed by atoms with Crippen LogP contribution in [0.3, 0.4) is 0 Å². The van der Waals surface area contributed by atoms with E-state index in [1.54, 1.807) is 12.1 Å². The quantitative estimate of drug-likeness (QED) is 0.362. The number of ether oxygens (including phenoxy) is 1. The molecule has 1 fully saturated rings. The summed E-state index contributed by atoms with van der Waals surface area (Å²) in [4.78, 5) is 4.95. The van der Waals surface area contributed by atoms with Crippen molar-refractivity contribution in [2.75, 3.05) is 32.5 Å². The van der Waals surface area contributed by atoms with E-state index in [-0.39, 0.29) is 0 Å². The van der Waals surface area contributed by atoms with E-state index in [0.717, 1.165) is 50.6 Å². The number of hydrogen-bond donors (Lipinski definition) is 2. The topological polar surface area (TPSA) is 79.8 Å². The zero-order valence-electron chi connectivity index (χ0n) is 16.5. The third-order valence-corrected chi connectivity index (χ3v) is 5.76. The highest BCUT2D eigenvalue weighted by molar-refractivity contribution is 7.90. The summed E-state index contributed by atoms with van der Waals surface area (Å²) in [5.74, 6) is 0.811. The Kier molecular flexibility index (Phi) is 9.07. The largest absolute Gasteiger partial charge is 0.378 e. The maximum atomic E-state index is 11.5. The van der Waals surface area contributed by atoms with Gasteiger partial charge in [-0.25, -0.2) is 8.42 Å². The van der Waals surface area contributed by atoms with Crippen molar-refractivity contribution in [2.45, 2.75) is 56.4 Å². The highest BCUT2D eigenvalue weighted by atomic mass is 32.2. The molecule has 27 heavy (non-hydrogen) atoms. The number of aliphatic imine (C=N–C) groups is 1. The molecule has 1 aromatic rings. The smallest absolute Gasteiger partial charge is 0.191 e. The van der Waals surface area contributed by atoms with Gasteiger partial charge in [0.1, 0.15) is 0 Å². The Morgan fingerprint density at radius 1 is 1.19 bits per heavy atom. The van der Waals surface area contributed by atoms with Gasteiger partial charge in [0, 0.05) is 32.5 Å². The number of rotatable bonds is 10. The van der Waals surface area contributed by atoms with Crippen LogP contribution in [-0.2, 0) is 21.0 Å². The number of nitrogens with one attached hydrogen (secondary N) is 2. The molecule has 0 unspecified atom stereocenters. The molecule has 1 aromatic carbocycles. The standard InChI is InChI=1S/C20H33N3O3S/c1-3-21-20(22-14-6-16-26-18-7-4-5-8-18)23-15-13-17-9-11-19(12-10-17)27(2,24)25/h9-12,18H,3-8,13-16H2,1-2H3,(H2,21,22,23). The Labute approximate surface area is 163 Å². The van der Waals surface area contributed by atoms with Gasteiger partial charge in [0.25, 0.3) is 0 Å². The van der Waals surface area contributed by atoms with Crippen LogP contribution in [0, 0.1) is 0 Å². The van der Waals surface area contributed by atoms with Crippen molar-refractivity contribution in [3.8, 4) is 0 Å². The molecule has 7 heteroatoms. The lowest BCUT2D eigenvalue weighted by Crippen LogP contribution is -2.38. The molecule has 0 saturated heterocycles. The molecular formula is C20H33N3O3S. The van der Waals surface area contributed by atoms with E-state index in [2.05, 4.69) is 15.6 Å². The third-order valence-electron chi connectivity index (χ3n) is 4.63. The second kappa shape index (κ2) is 11.3. The molecular weight excluding hydrogens is 362 g/mol. The van der Waals surface area contributed by atoms with Gasteiger partial charge in [-0.3, -0.25) is 4.99 Å². The van der Waals surface area contributed by atoms with E-state index in [4.69, 9.17) is 4.74 Å². The fourth-order valence-electron chi connectivity index (χ4n) is 3.13. The lowest BCUT2D eigenvalue weighted by Gasteiger charge is -2.12. The van der Waals surface area contributed by atoms with Crippen LogP contribution < -0.4 is 10.6 Å².